The van der Waals surface area contributed by atoms with Gasteiger partial charge >= 0.3 is 0 Å². The van der Waals surface area contributed by atoms with Crippen molar-refractivity contribution >= 4 is 11.9 Å². The predicted octanol–water partition coefficient (Wildman–Crippen LogP) is 3.77. The molecule has 0 spiro atoms. The van der Waals surface area contributed by atoms with Crippen molar-refractivity contribution in [3.63, 3.8) is 0 Å². The third-order valence-corrected chi connectivity index (χ3v) is 2.81. The number of nitrogens with zero attached hydrogens (tertiary/aromatic N) is 2. The summed E-state index contributed by atoms with van der Waals surface area (Å²) in [5.74, 6) is 0. The van der Waals surface area contributed by atoms with Crippen LogP contribution in [0.25, 0.3) is 0 Å². The maximum Gasteiger partial charge on any atom is 0.270 e. The van der Waals surface area contributed by atoms with Crippen LogP contribution in [0.5, 0.6) is 0 Å². The molecule has 0 fully saturated rings. The first-order valence-corrected chi connectivity index (χ1v) is 5.99. The van der Waals surface area contributed by atoms with Gasteiger partial charge in [-0.3, -0.25) is 15.1 Å². The summed E-state index contributed by atoms with van der Waals surface area (Å²) in [7, 11) is 0. The summed E-state index contributed by atoms with van der Waals surface area (Å²) in [6.07, 6.45) is 1.67. The van der Waals surface area contributed by atoms with Crippen molar-refractivity contribution in [1.29, 1.82) is 0 Å². The van der Waals surface area contributed by atoms with Crippen molar-refractivity contribution in [1.82, 2.24) is 0 Å². The average molecular weight is 254 g/mol. The predicted molar refractivity (Wildman–Crippen MR) is 75.5 cm³/mol. The van der Waals surface area contributed by atoms with Crippen LogP contribution in [-0.4, -0.2) is 11.1 Å². The van der Waals surface area contributed by atoms with Crippen LogP contribution < -0.4 is 0 Å². The molecule has 0 aromatic heterocycles. The number of aliphatic imine (C=N–C) groups is 1. The molecule has 96 valence electrons. The van der Waals surface area contributed by atoms with E-state index < -0.39 is 4.92 Å². The van der Waals surface area contributed by atoms with E-state index in [9.17, 15) is 10.1 Å². The van der Waals surface area contributed by atoms with E-state index in [1.807, 2.05) is 37.3 Å². The van der Waals surface area contributed by atoms with E-state index in [-0.39, 0.29) is 11.7 Å². The molecule has 4 heteroatoms. The Balaban J connectivity index is 2.14. The number of hydrogen-bond donors (Lipinski definition) is 0. The highest BCUT2D eigenvalue weighted by atomic mass is 16.6. The summed E-state index contributed by atoms with van der Waals surface area (Å²) in [6.45, 7) is 1.99. The highest BCUT2D eigenvalue weighted by Gasteiger charge is 2.05. The highest BCUT2D eigenvalue weighted by Crippen LogP contribution is 2.16. The lowest BCUT2D eigenvalue weighted by atomic mass is 10.1. The standard InChI is InChI=1S/C15H14N2O2/c1-12(14-7-3-2-4-8-14)16-11-13-6-5-9-15(10-13)17(18)19/h2-12H,1H3/t12-/m1/s1. The average Bonchev–Trinajstić information content (AvgIpc) is 2.46. The van der Waals surface area contributed by atoms with E-state index in [0.717, 1.165) is 11.1 Å². The van der Waals surface area contributed by atoms with Crippen LogP contribution in [0.1, 0.15) is 24.1 Å². The summed E-state index contributed by atoms with van der Waals surface area (Å²) in [5.41, 5.74) is 1.93. The van der Waals surface area contributed by atoms with E-state index in [1.165, 1.54) is 12.1 Å². The van der Waals surface area contributed by atoms with Gasteiger partial charge in [-0.2, -0.15) is 0 Å². The van der Waals surface area contributed by atoms with E-state index in [0.29, 0.717) is 0 Å². The van der Waals surface area contributed by atoms with Gasteiger partial charge in [-0.15, -0.1) is 0 Å². The zero-order chi connectivity index (χ0) is 13.7. The summed E-state index contributed by atoms with van der Waals surface area (Å²) in [4.78, 5) is 14.7. The van der Waals surface area contributed by atoms with Gasteiger partial charge in [-0.05, 0) is 18.1 Å². The number of rotatable bonds is 4. The Kier molecular flexibility index (Phi) is 4.03. The van der Waals surface area contributed by atoms with Crippen molar-refractivity contribution in [2.45, 2.75) is 13.0 Å². The quantitative estimate of drug-likeness (QED) is 0.473. The van der Waals surface area contributed by atoms with Gasteiger partial charge in [0, 0.05) is 18.3 Å². The maximum absolute atomic E-state index is 10.7. The molecule has 0 aliphatic carbocycles. The second-order valence-corrected chi connectivity index (χ2v) is 4.22. The fraction of sp³-hybridized carbons (Fsp3) is 0.133. The Morgan fingerprint density at radius 2 is 1.89 bits per heavy atom. The van der Waals surface area contributed by atoms with Gasteiger partial charge in [0.05, 0.1) is 11.0 Å². The molecule has 1 atom stereocenters. The molecule has 0 aliphatic heterocycles. The summed E-state index contributed by atoms with van der Waals surface area (Å²) >= 11 is 0. The minimum atomic E-state index is -0.405. The van der Waals surface area contributed by atoms with Gasteiger partial charge in [-0.25, -0.2) is 0 Å². The van der Waals surface area contributed by atoms with Crippen molar-refractivity contribution in [2.75, 3.05) is 0 Å². The van der Waals surface area contributed by atoms with E-state index in [2.05, 4.69) is 4.99 Å². The van der Waals surface area contributed by atoms with Crippen LogP contribution in [0, 0.1) is 10.1 Å². The highest BCUT2D eigenvalue weighted by molar-refractivity contribution is 5.80. The Morgan fingerprint density at radius 1 is 1.16 bits per heavy atom. The molecule has 0 amide bonds. The molecule has 0 aliphatic rings. The topological polar surface area (TPSA) is 55.5 Å². The fourth-order valence-corrected chi connectivity index (χ4v) is 1.73. The SMILES string of the molecule is C[C@@H](N=Cc1cccc([N+](=O)[O-])c1)c1ccccc1. The van der Waals surface area contributed by atoms with Crippen molar-refractivity contribution in [3.8, 4) is 0 Å². The van der Waals surface area contributed by atoms with Crippen molar-refractivity contribution in [3.05, 3.63) is 75.8 Å². The van der Waals surface area contributed by atoms with E-state index in [4.69, 9.17) is 0 Å². The fourth-order valence-electron chi connectivity index (χ4n) is 1.73. The zero-order valence-electron chi connectivity index (χ0n) is 10.6. The molecule has 0 saturated heterocycles. The van der Waals surface area contributed by atoms with Gasteiger partial charge < -0.3 is 0 Å². The number of nitro groups is 1. The molecule has 2 aromatic rings. The molecule has 19 heavy (non-hydrogen) atoms. The molecular formula is C15H14N2O2. The minimum Gasteiger partial charge on any atom is -0.285 e. The van der Waals surface area contributed by atoms with Crippen LogP contribution in [0.2, 0.25) is 0 Å². The minimum absolute atomic E-state index is 0.0282. The molecule has 0 radical (unpaired) electrons. The second kappa shape index (κ2) is 5.91. The van der Waals surface area contributed by atoms with Gasteiger partial charge in [-0.1, -0.05) is 42.5 Å². The third-order valence-electron chi connectivity index (χ3n) is 2.81. The lowest BCUT2D eigenvalue weighted by molar-refractivity contribution is -0.384. The molecular weight excluding hydrogens is 240 g/mol. The summed E-state index contributed by atoms with van der Waals surface area (Å²) < 4.78 is 0. The van der Waals surface area contributed by atoms with Crippen LogP contribution in [-0.2, 0) is 0 Å². The van der Waals surface area contributed by atoms with Crippen molar-refractivity contribution in [2.24, 2.45) is 4.99 Å². The van der Waals surface area contributed by atoms with Crippen LogP contribution in [0.15, 0.2) is 59.6 Å². The van der Waals surface area contributed by atoms with Gasteiger partial charge in [0.25, 0.3) is 5.69 Å². The normalized spacial score (nSPS) is 12.5. The Labute approximate surface area is 111 Å². The second-order valence-electron chi connectivity index (χ2n) is 4.22. The first-order valence-electron chi connectivity index (χ1n) is 5.99. The molecule has 0 saturated carbocycles. The van der Waals surface area contributed by atoms with Gasteiger partial charge in [0.1, 0.15) is 0 Å². The third kappa shape index (κ3) is 3.48. The van der Waals surface area contributed by atoms with Crippen molar-refractivity contribution < 1.29 is 4.92 Å². The number of benzene rings is 2. The zero-order valence-corrected chi connectivity index (χ0v) is 10.6. The Morgan fingerprint density at radius 3 is 2.58 bits per heavy atom. The molecule has 0 N–H and O–H groups in total. The monoisotopic (exact) mass is 254 g/mol. The molecule has 2 aromatic carbocycles. The first kappa shape index (κ1) is 13.0. The van der Waals surface area contributed by atoms with E-state index in [1.54, 1.807) is 18.3 Å². The smallest absolute Gasteiger partial charge is 0.270 e. The molecule has 0 heterocycles. The number of nitro benzene ring substituents is 1. The molecule has 2 rings (SSSR count). The van der Waals surface area contributed by atoms with Gasteiger partial charge in [0.15, 0.2) is 0 Å². The van der Waals surface area contributed by atoms with Crippen LogP contribution in [0.3, 0.4) is 0 Å². The maximum atomic E-state index is 10.7. The number of non-ortho nitro benzene ring substituents is 1. The summed E-state index contributed by atoms with van der Waals surface area (Å²) in [5, 5.41) is 10.7. The molecule has 4 nitrogen and oxygen atoms in total. The van der Waals surface area contributed by atoms with E-state index >= 15 is 0 Å². The Hall–Kier alpha value is -2.49. The summed E-state index contributed by atoms with van der Waals surface area (Å²) in [6, 6.07) is 16.4. The van der Waals surface area contributed by atoms with Gasteiger partial charge in [0.2, 0.25) is 0 Å². The largest absolute Gasteiger partial charge is 0.285 e. The Bertz CT molecular complexity index is 594. The number of hydrogen-bond acceptors (Lipinski definition) is 3. The molecule has 0 unspecified atom stereocenters. The molecule has 0 bridgehead atoms. The first-order chi connectivity index (χ1) is 9.16. The lowest BCUT2D eigenvalue weighted by Gasteiger charge is -2.05. The van der Waals surface area contributed by atoms with Crippen LogP contribution in [0.4, 0.5) is 5.69 Å². The lowest BCUT2D eigenvalue weighted by Crippen LogP contribution is -1.92. The van der Waals surface area contributed by atoms with Crippen LogP contribution >= 0.6 is 0 Å².